The summed E-state index contributed by atoms with van der Waals surface area (Å²) >= 11 is 2.22. The number of benzene rings is 2. The predicted octanol–water partition coefficient (Wildman–Crippen LogP) is 5.01. The number of aliphatic hydroxyl groups is 1. The molecule has 9 heteroatoms. The Bertz CT molecular complexity index is 1160. The lowest BCUT2D eigenvalue weighted by molar-refractivity contribution is -0.384. The van der Waals surface area contributed by atoms with Crippen LogP contribution in [0.25, 0.3) is 0 Å². The molecule has 2 aliphatic rings. The highest BCUT2D eigenvalue weighted by atomic mass is 127. The van der Waals surface area contributed by atoms with Crippen LogP contribution in [0.15, 0.2) is 42.5 Å². The van der Waals surface area contributed by atoms with Crippen molar-refractivity contribution in [1.82, 2.24) is 10.2 Å². The second-order valence-electron chi connectivity index (χ2n) is 10.6. The molecule has 0 unspecified atom stereocenters. The van der Waals surface area contributed by atoms with E-state index in [1.165, 1.54) is 12.1 Å². The van der Waals surface area contributed by atoms with E-state index in [-0.39, 0.29) is 42.5 Å². The molecule has 2 fully saturated rings. The van der Waals surface area contributed by atoms with Gasteiger partial charge in [-0.05, 0) is 64.1 Å². The van der Waals surface area contributed by atoms with E-state index in [2.05, 4.69) is 27.9 Å². The first-order chi connectivity index (χ1) is 17.7. The number of aliphatic hydroxyl groups excluding tert-OH is 1. The predicted molar refractivity (Wildman–Crippen MR) is 149 cm³/mol. The smallest absolute Gasteiger partial charge is 0.269 e. The zero-order valence-electron chi connectivity index (χ0n) is 21.3. The summed E-state index contributed by atoms with van der Waals surface area (Å²) in [7, 11) is 0. The van der Waals surface area contributed by atoms with E-state index in [4.69, 9.17) is 0 Å². The van der Waals surface area contributed by atoms with Crippen LogP contribution in [0, 0.1) is 19.6 Å². The van der Waals surface area contributed by atoms with Crippen molar-refractivity contribution in [3.63, 3.8) is 0 Å². The number of rotatable bonds is 8. The molecular weight excluding hydrogens is 585 g/mol. The molecule has 0 bridgehead atoms. The largest absolute Gasteiger partial charge is 0.392 e. The van der Waals surface area contributed by atoms with Gasteiger partial charge >= 0.3 is 0 Å². The van der Waals surface area contributed by atoms with Gasteiger partial charge in [-0.25, -0.2) is 0 Å². The summed E-state index contributed by atoms with van der Waals surface area (Å²) in [5, 5.41) is 24.2. The number of non-ortho nitro benzene ring substituents is 1. The highest BCUT2D eigenvalue weighted by Gasteiger charge is 2.59. The summed E-state index contributed by atoms with van der Waals surface area (Å²) in [6.45, 7) is 4.38. The normalized spacial score (nSPS) is 22.5. The molecule has 2 amide bonds. The van der Waals surface area contributed by atoms with Gasteiger partial charge in [-0.3, -0.25) is 19.7 Å². The first-order valence-electron chi connectivity index (χ1n) is 12.9. The Labute approximate surface area is 231 Å². The zero-order chi connectivity index (χ0) is 26.7. The molecule has 1 saturated heterocycles. The van der Waals surface area contributed by atoms with Crippen molar-refractivity contribution in [1.29, 1.82) is 0 Å². The van der Waals surface area contributed by atoms with E-state index in [9.17, 15) is 24.8 Å². The van der Waals surface area contributed by atoms with Gasteiger partial charge in [0.1, 0.15) is 5.41 Å². The second kappa shape index (κ2) is 11.5. The Morgan fingerprint density at radius 1 is 1.19 bits per heavy atom. The fourth-order valence-corrected chi connectivity index (χ4v) is 6.69. The van der Waals surface area contributed by atoms with Gasteiger partial charge in [0.25, 0.3) is 5.69 Å². The van der Waals surface area contributed by atoms with Crippen LogP contribution >= 0.6 is 22.6 Å². The molecule has 4 rings (SSSR count). The van der Waals surface area contributed by atoms with Crippen molar-refractivity contribution in [2.24, 2.45) is 5.92 Å². The van der Waals surface area contributed by atoms with Gasteiger partial charge in [-0.2, -0.15) is 0 Å². The minimum atomic E-state index is -1.25. The Morgan fingerprint density at radius 2 is 1.86 bits per heavy atom. The van der Waals surface area contributed by atoms with E-state index in [1.807, 2.05) is 36.9 Å². The Balaban J connectivity index is 1.94. The average Bonchev–Trinajstić information content (AvgIpc) is 3.21. The number of hydrogen-bond acceptors (Lipinski definition) is 5. The number of amides is 2. The Hall–Kier alpha value is -2.53. The molecule has 1 aliphatic heterocycles. The van der Waals surface area contributed by atoms with Crippen molar-refractivity contribution in [3.8, 4) is 0 Å². The standard InChI is InChI=1S/C28H34IN3O5/c1-18(2)16-30-27(35)28(20-9-11-22(12-10-20)32(36)37)15-25(34)31(21-6-4-3-5-7-21)26(28)23-13-8-19(17-33)14-24(23)29/h8-14,18,21,26,33H,3-7,15-17H2,1-2H3,(H,30,35)/t26-,28-/m1/s1. The van der Waals surface area contributed by atoms with Crippen molar-refractivity contribution >= 4 is 40.1 Å². The first-order valence-corrected chi connectivity index (χ1v) is 14.0. The molecule has 37 heavy (non-hydrogen) atoms. The maximum atomic E-state index is 14.2. The van der Waals surface area contributed by atoms with Crippen LogP contribution in [0.1, 0.15) is 75.1 Å². The highest BCUT2D eigenvalue weighted by Crippen LogP contribution is 2.53. The third-order valence-electron chi connectivity index (χ3n) is 7.64. The number of hydrogen-bond donors (Lipinski definition) is 2. The molecule has 0 radical (unpaired) electrons. The quantitative estimate of drug-likeness (QED) is 0.245. The van der Waals surface area contributed by atoms with Crippen molar-refractivity contribution in [3.05, 3.63) is 72.8 Å². The van der Waals surface area contributed by atoms with Gasteiger partial charge in [0, 0.05) is 34.7 Å². The number of nitro groups is 1. The molecule has 2 atom stereocenters. The van der Waals surface area contributed by atoms with Gasteiger partial charge in [0.15, 0.2) is 0 Å². The summed E-state index contributed by atoms with van der Waals surface area (Å²) < 4.78 is 0.868. The molecule has 8 nitrogen and oxygen atoms in total. The number of nitrogens with zero attached hydrogens (tertiary/aromatic N) is 2. The Morgan fingerprint density at radius 3 is 2.43 bits per heavy atom. The molecule has 1 saturated carbocycles. The van der Waals surface area contributed by atoms with E-state index in [0.29, 0.717) is 12.1 Å². The molecule has 2 aromatic rings. The van der Waals surface area contributed by atoms with Crippen molar-refractivity contribution in [2.75, 3.05) is 6.54 Å². The lowest BCUT2D eigenvalue weighted by Crippen LogP contribution is -2.50. The van der Waals surface area contributed by atoms with E-state index in [0.717, 1.165) is 46.8 Å². The molecule has 2 aromatic carbocycles. The number of carbonyl (C=O) groups excluding carboxylic acids is 2. The van der Waals surface area contributed by atoms with Crippen LogP contribution < -0.4 is 5.32 Å². The van der Waals surface area contributed by atoms with E-state index < -0.39 is 16.4 Å². The summed E-state index contributed by atoms with van der Waals surface area (Å²) in [6, 6.07) is 11.2. The minimum Gasteiger partial charge on any atom is -0.392 e. The van der Waals surface area contributed by atoms with Gasteiger partial charge in [0.05, 0.1) is 17.6 Å². The number of nitrogens with one attached hydrogen (secondary N) is 1. The topological polar surface area (TPSA) is 113 Å². The maximum absolute atomic E-state index is 14.2. The SMILES string of the molecule is CC(C)CNC(=O)[C@@]1(c2ccc([N+](=O)[O-])cc2)CC(=O)N(C2CCCCC2)[C@@H]1c1ccc(CO)cc1I. The lowest BCUT2D eigenvalue weighted by atomic mass is 9.70. The van der Waals surface area contributed by atoms with Gasteiger partial charge < -0.3 is 15.3 Å². The first kappa shape index (κ1) is 27.5. The molecule has 1 heterocycles. The fraction of sp³-hybridized carbons (Fsp3) is 0.500. The van der Waals surface area contributed by atoms with E-state index >= 15 is 0 Å². The lowest BCUT2D eigenvalue weighted by Gasteiger charge is -2.42. The van der Waals surface area contributed by atoms with Gasteiger partial charge in [0.2, 0.25) is 11.8 Å². The highest BCUT2D eigenvalue weighted by molar-refractivity contribution is 14.1. The van der Waals surface area contributed by atoms with Crippen LogP contribution in [-0.2, 0) is 21.6 Å². The van der Waals surface area contributed by atoms with Crippen LogP contribution in [0.5, 0.6) is 0 Å². The zero-order valence-corrected chi connectivity index (χ0v) is 23.4. The van der Waals surface area contributed by atoms with Crippen LogP contribution in [0.2, 0.25) is 0 Å². The second-order valence-corrected chi connectivity index (χ2v) is 11.7. The van der Waals surface area contributed by atoms with Crippen LogP contribution in [0.3, 0.4) is 0 Å². The Kier molecular flexibility index (Phi) is 8.52. The third-order valence-corrected chi connectivity index (χ3v) is 8.58. The monoisotopic (exact) mass is 619 g/mol. The van der Waals surface area contributed by atoms with Crippen molar-refractivity contribution in [2.45, 2.75) is 76.5 Å². The molecule has 0 spiro atoms. The molecular formula is C28H34IN3O5. The third kappa shape index (κ3) is 5.38. The summed E-state index contributed by atoms with van der Waals surface area (Å²) in [5.74, 6) is -0.0995. The van der Waals surface area contributed by atoms with Crippen LogP contribution in [0.4, 0.5) is 5.69 Å². The van der Waals surface area contributed by atoms with E-state index in [1.54, 1.807) is 12.1 Å². The number of carbonyl (C=O) groups is 2. The molecule has 2 N–H and O–H groups in total. The summed E-state index contributed by atoms with van der Waals surface area (Å²) in [5.41, 5.74) is 0.893. The number of halogens is 1. The number of likely N-dealkylation sites (tertiary alicyclic amines) is 1. The summed E-state index contributed by atoms with van der Waals surface area (Å²) in [6.07, 6.45) is 4.97. The molecule has 1 aliphatic carbocycles. The van der Waals surface area contributed by atoms with Gasteiger partial charge in [-0.15, -0.1) is 0 Å². The molecule has 198 valence electrons. The molecule has 0 aromatic heterocycles. The number of nitro benzene ring substituents is 1. The van der Waals surface area contributed by atoms with Crippen LogP contribution in [-0.4, -0.2) is 39.3 Å². The van der Waals surface area contributed by atoms with Crippen molar-refractivity contribution < 1.29 is 19.6 Å². The summed E-state index contributed by atoms with van der Waals surface area (Å²) in [4.78, 5) is 41.0. The maximum Gasteiger partial charge on any atom is 0.269 e. The fourth-order valence-electron chi connectivity index (χ4n) is 5.82. The van der Waals surface area contributed by atoms with Gasteiger partial charge in [-0.1, -0.05) is 57.4 Å². The average molecular weight is 620 g/mol. The minimum absolute atomic E-state index is 0.00621.